The van der Waals surface area contributed by atoms with E-state index in [0.29, 0.717) is 11.8 Å². The molecule has 2 heterocycles. The van der Waals surface area contributed by atoms with E-state index in [9.17, 15) is 4.79 Å². The number of carbonyl (C=O) groups is 1. The van der Waals surface area contributed by atoms with Gasteiger partial charge >= 0.3 is 0 Å². The highest BCUT2D eigenvalue weighted by Crippen LogP contribution is 2.38. The Morgan fingerprint density at radius 2 is 1.74 bits per heavy atom. The molecule has 1 unspecified atom stereocenters. The lowest BCUT2D eigenvalue weighted by atomic mass is 9.88. The summed E-state index contributed by atoms with van der Waals surface area (Å²) in [6.07, 6.45) is 3.64. The predicted octanol–water partition coefficient (Wildman–Crippen LogP) is 4.71. The van der Waals surface area contributed by atoms with Gasteiger partial charge < -0.3 is 9.80 Å². The summed E-state index contributed by atoms with van der Waals surface area (Å²) < 4.78 is 0. The van der Waals surface area contributed by atoms with Crippen molar-refractivity contribution in [1.29, 1.82) is 0 Å². The number of hydrogen-bond acceptors (Lipinski definition) is 2. The lowest BCUT2D eigenvalue weighted by molar-refractivity contribution is -0.116. The predicted molar refractivity (Wildman–Crippen MR) is 111 cm³/mol. The number of likely N-dealkylation sites (tertiary alicyclic amines) is 1. The van der Waals surface area contributed by atoms with Gasteiger partial charge in [0.15, 0.2) is 0 Å². The van der Waals surface area contributed by atoms with Crippen LogP contribution < -0.4 is 4.90 Å². The van der Waals surface area contributed by atoms with Gasteiger partial charge in [-0.25, -0.2) is 0 Å². The second kappa shape index (κ2) is 7.85. The van der Waals surface area contributed by atoms with E-state index in [0.717, 1.165) is 25.2 Å². The van der Waals surface area contributed by atoms with E-state index in [1.807, 2.05) is 11.0 Å². The molecular formula is C24H30N2O. The third-order valence-electron chi connectivity index (χ3n) is 6.38. The molecule has 0 bridgehead atoms. The number of anilines is 1. The second-order valence-corrected chi connectivity index (χ2v) is 8.20. The van der Waals surface area contributed by atoms with Crippen LogP contribution in [0.1, 0.15) is 54.7 Å². The fourth-order valence-corrected chi connectivity index (χ4v) is 4.71. The van der Waals surface area contributed by atoms with Gasteiger partial charge in [0.2, 0.25) is 5.91 Å². The zero-order valence-corrected chi connectivity index (χ0v) is 16.5. The molecule has 0 N–H and O–H groups in total. The Labute approximate surface area is 163 Å². The van der Waals surface area contributed by atoms with Crippen molar-refractivity contribution in [2.24, 2.45) is 0 Å². The molecule has 1 fully saturated rings. The van der Waals surface area contributed by atoms with Crippen LogP contribution in [-0.4, -0.2) is 37.0 Å². The molecule has 3 heteroatoms. The average Bonchev–Trinajstić information content (AvgIpc) is 3.07. The van der Waals surface area contributed by atoms with E-state index in [-0.39, 0.29) is 5.91 Å². The maximum Gasteiger partial charge on any atom is 0.223 e. The molecule has 0 aliphatic carbocycles. The first-order valence-electron chi connectivity index (χ1n) is 10.3. The smallest absolute Gasteiger partial charge is 0.223 e. The van der Waals surface area contributed by atoms with E-state index in [2.05, 4.69) is 54.3 Å². The summed E-state index contributed by atoms with van der Waals surface area (Å²) >= 11 is 0. The molecule has 0 radical (unpaired) electrons. The summed E-state index contributed by atoms with van der Waals surface area (Å²) in [6, 6.07) is 17.5. The molecule has 0 spiro atoms. The number of aryl methyl sites for hydroxylation is 1. The van der Waals surface area contributed by atoms with Gasteiger partial charge in [-0.05, 0) is 68.9 Å². The fourth-order valence-electron chi connectivity index (χ4n) is 4.71. The largest absolute Gasteiger partial charge is 0.312 e. The van der Waals surface area contributed by atoms with E-state index >= 15 is 0 Å². The molecule has 0 saturated carbocycles. The molecule has 1 atom stereocenters. The Balaban J connectivity index is 1.32. The molecular weight excluding hydrogens is 332 g/mol. The number of piperidine rings is 1. The summed E-state index contributed by atoms with van der Waals surface area (Å²) in [5.74, 6) is 1.34. The molecule has 2 aliphatic rings. The molecule has 2 aromatic rings. The molecule has 27 heavy (non-hydrogen) atoms. The SMILES string of the molecule is CC(=O)N1CC(CCN2CCC(c3ccc(C)cc3)CC2)c2ccccc21. The lowest BCUT2D eigenvalue weighted by Crippen LogP contribution is -2.35. The Morgan fingerprint density at radius 3 is 2.44 bits per heavy atom. The van der Waals surface area contributed by atoms with Crippen molar-refractivity contribution in [2.75, 3.05) is 31.1 Å². The molecule has 2 aromatic carbocycles. The highest BCUT2D eigenvalue weighted by Gasteiger charge is 2.31. The van der Waals surface area contributed by atoms with Crippen LogP contribution >= 0.6 is 0 Å². The minimum absolute atomic E-state index is 0.156. The zero-order valence-electron chi connectivity index (χ0n) is 16.5. The first-order valence-corrected chi connectivity index (χ1v) is 10.3. The van der Waals surface area contributed by atoms with Crippen LogP contribution in [-0.2, 0) is 4.79 Å². The van der Waals surface area contributed by atoms with Crippen LogP contribution in [0.15, 0.2) is 48.5 Å². The van der Waals surface area contributed by atoms with Gasteiger partial charge in [-0.1, -0.05) is 48.0 Å². The number of benzene rings is 2. The summed E-state index contributed by atoms with van der Waals surface area (Å²) in [5, 5.41) is 0. The Hall–Kier alpha value is -2.13. The van der Waals surface area contributed by atoms with Crippen molar-refractivity contribution < 1.29 is 4.79 Å². The van der Waals surface area contributed by atoms with Crippen molar-refractivity contribution in [3.63, 3.8) is 0 Å². The Morgan fingerprint density at radius 1 is 1.04 bits per heavy atom. The zero-order chi connectivity index (χ0) is 18.8. The number of para-hydroxylation sites is 1. The number of rotatable bonds is 4. The Kier molecular flexibility index (Phi) is 5.31. The molecule has 2 aliphatic heterocycles. The van der Waals surface area contributed by atoms with Gasteiger partial charge in [0.1, 0.15) is 0 Å². The summed E-state index contributed by atoms with van der Waals surface area (Å²) in [6.45, 7) is 8.17. The normalized spacial score (nSPS) is 20.7. The second-order valence-electron chi connectivity index (χ2n) is 8.20. The molecule has 4 rings (SSSR count). The number of hydrogen-bond donors (Lipinski definition) is 0. The van der Waals surface area contributed by atoms with Gasteiger partial charge in [-0.3, -0.25) is 4.79 Å². The standard InChI is InChI=1S/C24H30N2O/c1-18-7-9-20(10-8-18)21-11-14-25(15-12-21)16-13-22-17-26(19(2)27)24-6-4-3-5-23(22)24/h3-10,21-22H,11-17H2,1-2H3. The topological polar surface area (TPSA) is 23.6 Å². The highest BCUT2D eigenvalue weighted by atomic mass is 16.2. The minimum atomic E-state index is 0.156. The van der Waals surface area contributed by atoms with Gasteiger partial charge in [-0.2, -0.15) is 0 Å². The van der Waals surface area contributed by atoms with Crippen LogP contribution in [0.25, 0.3) is 0 Å². The van der Waals surface area contributed by atoms with Crippen molar-refractivity contribution in [3.8, 4) is 0 Å². The number of amides is 1. The molecule has 1 saturated heterocycles. The monoisotopic (exact) mass is 362 g/mol. The van der Waals surface area contributed by atoms with Crippen LogP contribution in [0.2, 0.25) is 0 Å². The maximum atomic E-state index is 12.0. The lowest BCUT2D eigenvalue weighted by Gasteiger charge is -2.33. The van der Waals surface area contributed by atoms with Crippen LogP contribution in [0, 0.1) is 6.92 Å². The average molecular weight is 363 g/mol. The van der Waals surface area contributed by atoms with Crippen molar-refractivity contribution >= 4 is 11.6 Å². The number of carbonyl (C=O) groups excluding carboxylic acids is 1. The number of fused-ring (bicyclic) bond motifs is 1. The molecule has 142 valence electrons. The molecule has 1 amide bonds. The molecule has 0 aromatic heterocycles. The third kappa shape index (κ3) is 3.93. The van der Waals surface area contributed by atoms with Crippen LogP contribution in [0.4, 0.5) is 5.69 Å². The quantitative estimate of drug-likeness (QED) is 0.786. The Bertz CT molecular complexity index is 790. The first kappa shape index (κ1) is 18.2. The fraction of sp³-hybridized carbons (Fsp3) is 0.458. The van der Waals surface area contributed by atoms with Gasteiger partial charge in [-0.15, -0.1) is 0 Å². The maximum absolute atomic E-state index is 12.0. The summed E-state index contributed by atoms with van der Waals surface area (Å²) in [7, 11) is 0. The number of nitrogens with zero attached hydrogens (tertiary/aromatic N) is 2. The van der Waals surface area contributed by atoms with Crippen molar-refractivity contribution in [2.45, 2.75) is 44.9 Å². The summed E-state index contributed by atoms with van der Waals surface area (Å²) in [4.78, 5) is 16.5. The minimum Gasteiger partial charge on any atom is -0.312 e. The third-order valence-corrected chi connectivity index (χ3v) is 6.38. The van der Waals surface area contributed by atoms with E-state index in [4.69, 9.17) is 0 Å². The van der Waals surface area contributed by atoms with E-state index < -0.39 is 0 Å². The van der Waals surface area contributed by atoms with Crippen molar-refractivity contribution in [3.05, 3.63) is 65.2 Å². The van der Waals surface area contributed by atoms with Gasteiger partial charge in [0, 0.05) is 25.1 Å². The van der Waals surface area contributed by atoms with Crippen LogP contribution in [0.5, 0.6) is 0 Å². The van der Waals surface area contributed by atoms with Crippen LogP contribution in [0.3, 0.4) is 0 Å². The van der Waals surface area contributed by atoms with Gasteiger partial charge in [0.05, 0.1) is 0 Å². The highest BCUT2D eigenvalue weighted by molar-refractivity contribution is 5.94. The van der Waals surface area contributed by atoms with E-state index in [1.165, 1.54) is 42.6 Å². The van der Waals surface area contributed by atoms with E-state index in [1.54, 1.807) is 6.92 Å². The summed E-state index contributed by atoms with van der Waals surface area (Å²) in [5.41, 5.74) is 5.31. The van der Waals surface area contributed by atoms with Crippen molar-refractivity contribution in [1.82, 2.24) is 4.90 Å². The van der Waals surface area contributed by atoms with Gasteiger partial charge in [0.25, 0.3) is 0 Å². The molecule has 3 nitrogen and oxygen atoms in total. The first-order chi connectivity index (χ1) is 13.1.